The zero-order chi connectivity index (χ0) is 20.0. The lowest BCUT2D eigenvalue weighted by atomic mass is 10.1. The van der Waals surface area contributed by atoms with Crippen LogP contribution in [0.3, 0.4) is 0 Å². The Morgan fingerprint density at radius 1 is 1.30 bits per heavy atom. The molecule has 0 fully saturated rings. The molecule has 0 radical (unpaired) electrons. The van der Waals surface area contributed by atoms with Gasteiger partial charge in [0.25, 0.3) is 0 Å². The number of hydrogen-bond acceptors (Lipinski definition) is 8. The normalized spacial score (nSPS) is 11.6. The molecule has 27 heavy (non-hydrogen) atoms. The molecule has 2 rings (SSSR count). The Morgan fingerprint density at radius 3 is 2.44 bits per heavy atom. The highest BCUT2D eigenvalue weighted by Crippen LogP contribution is 2.25. The number of hydrogen-bond donors (Lipinski definition) is 3. The van der Waals surface area contributed by atoms with Gasteiger partial charge in [0.05, 0.1) is 4.92 Å². The minimum absolute atomic E-state index is 0.0530. The number of nitrogens with zero attached hydrogens (tertiary/aromatic N) is 4. The van der Waals surface area contributed by atoms with Crippen molar-refractivity contribution in [2.45, 2.75) is 26.3 Å². The van der Waals surface area contributed by atoms with E-state index in [9.17, 15) is 25.1 Å². The van der Waals surface area contributed by atoms with Gasteiger partial charge in [0, 0.05) is 19.5 Å². The Hall–Kier alpha value is -3.43. The maximum Gasteiger partial charge on any atom is 0.329 e. The molecule has 1 heterocycles. The van der Waals surface area contributed by atoms with Crippen LogP contribution in [0.1, 0.15) is 19.4 Å². The van der Waals surface area contributed by atoms with Crippen LogP contribution in [0.25, 0.3) is 0 Å². The van der Waals surface area contributed by atoms with Crippen LogP contribution < -0.4 is 10.2 Å². The predicted octanol–water partition coefficient (Wildman–Crippen LogP) is 2.04. The van der Waals surface area contributed by atoms with E-state index in [2.05, 4.69) is 15.3 Å². The van der Waals surface area contributed by atoms with Gasteiger partial charge >= 0.3 is 11.7 Å². The van der Waals surface area contributed by atoms with E-state index in [1.54, 1.807) is 17.0 Å². The molecule has 0 aliphatic heterocycles. The summed E-state index contributed by atoms with van der Waals surface area (Å²) < 4.78 is 0. The molecule has 0 spiro atoms. The molecule has 10 nitrogen and oxygen atoms in total. The van der Waals surface area contributed by atoms with E-state index in [0.29, 0.717) is 18.7 Å². The van der Waals surface area contributed by atoms with Crippen molar-refractivity contribution in [2.24, 2.45) is 0 Å². The van der Waals surface area contributed by atoms with Gasteiger partial charge in [0.1, 0.15) is 18.0 Å². The SMILES string of the molecule is CCN(CC)c1ncc([N+](=O)[O-])c(NC(Cc2ccc(O)cc2)C(=O)O)n1. The average Bonchev–Trinajstić information content (AvgIpc) is 2.64. The molecule has 1 unspecified atom stereocenters. The van der Waals surface area contributed by atoms with Crippen LogP contribution in [0.5, 0.6) is 5.75 Å². The first kappa shape index (κ1) is 19.9. The standard InChI is InChI=1S/C17H21N5O5/c1-3-21(4-2)17-18-10-14(22(26)27)15(20-17)19-13(16(24)25)9-11-5-7-12(23)8-6-11/h5-8,10,13,23H,3-4,9H2,1-2H3,(H,24,25)(H,18,19,20). The number of nitrogens with one attached hydrogen (secondary N) is 1. The molecule has 0 saturated carbocycles. The Morgan fingerprint density at radius 2 is 1.93 bits per heavy atom. The topological polar surface area (TPSA) is 142 Å². The van der Waals surface area contributed by atoms with Gasteiger partial charge in [0.15, 0.2) is 0 Å². The lowest BCUT2D eigenvalue weighted by Gasteiger charge is -2.20. The van der Waals surface area contributed by atoms with Gasteiger partial charge in [-0.1, -0.05) is 12.1 Å². The van der Waals surface area contributed by atoms with E-state index in [4.69, 9.17) is 0 Å². The average molecular weight is 375 g/mol. The Labute approximate surface area is 155 Å². The molecule has 1 aromatic carbocycles. The van der Waals surface area contributed by atoms with Gasteiger partial charge in [-0.25, -0.2) is 9.78 Å². The molecule has 144 valence electrons. The summed E-state index contributed by atoms with van der Waals surface area (Å²) in [4.78, 5) is 32.3. The number of carbonyl (C=O) groups is 1. The second-order valence-corrected chi connectivity index (χ2v) is 5.74. The van der Waals surface area contributed by atoms with Gasteiger partial charge in [-0.2, -0.15) is 4.98 Å². The summed E-state index contributed by atoms with van der Waals surface area (Å²) in [5, 5.41) is 32.8. The highest BCUT2D eigenvalue weighted by atomic mass is 16.6. The summed E-state index contributed by atoms with van der Waals surface area (Å²) in [5.41, 5.74) is 0.247. The fraction of sp³-hybridized carbons (Fsp3) is 0.353. The fourth-order valence-corrected chi connectivity index (χ4v) is 2.50. The molecule has 10 heteroatoms. The minimum atomic E-state index is -1.18. The largest absolute Gasteiger partial charge is 0.508 e. The molecular formula is C17H21N5O5. The summed E-state index contributed by atoms with van der Waals surface area (Å²) >= 11 is 0. The smallest absolute Gasteiger partial charge is 0.329 e. The number of phenolic OH excluding ortho intramolecular Hbond substituents is 1. The quantitative estimate of drug-likeness (QED) is 0.443. The predicted molar refractivity (Wildman–Crippen MR) is 99.1 cm³/mol. The van der Waals surface area contributed by atoms with Crippen molar-refractivity contribution >= 4 is 23.4 Å². The van der Waals surface area contributed by atoms with Crippen molar-refractivity contribution in [3.63, 3.8) is 0 Å². The second kappa shape index (κ2) is 8.79. The zero-order valence-electron chi connectivity index (χ0n) is 15.0. The summed E-state index contributed by atoms with van der Waals surface area (Å²) in [6.45, 7) is 4.99. The first-order valence-corrected chi connectivity index (χ1v) is 8.39. The van der Waals surface area contributed by atoms with Crippen molar-refractivity contribution < 1.29 is 19.9 Å². The molecular weight excluding hydrogens is 354 g/mol. The Bertz CT molecular complexity index is 808. The van der Waals surface area contributed by atoms with Gasteiger partial charge in [-0.15, -0.1) is 0 Å². The van der Waals surface area contributed by atoms with Crippen molar-refractivity contribution in [2.75, 3.05) is 23.3 Å². The molecule has 2 aromatic rings. The number of phenols is 1. The van der Waals surface area contributed by atoms with Gasteiger partial charge in [-0.05, 0) is 31.5 Å². The van der Waals surface area contributed by atoms with E-state index in [0.717, 1.165) is 6.20 Å². The number of aromatic nitrogens is 2. The number of carboxylic acid groups (broad SMARTS) is 1. The molecule has 0 aliphatic carbocycles. The summed E-state index contributed by atoms with van der Waals surface area (Å²) in [6, 6.07) is 4.91. The molecule has 0 saturated heterocycles. The Balaban J connectivity index is 2.34. The number of carboxylic acids is 1. The number of aromatic hydroxyl groups is 1. The van der Waals surface area contributed by atoms with Crippen LogP contribution >= 0.6 is 0 Å². The molecule has 0 bridgehead atoms. The van der Waals surface area contributed by atoms with Crippen LogP contribution in [0.2, 0.25) is 0 Å². The van der Waals surface area contributed by atoms with E-state index in [-0.39, 0.29) is 23.9 Å². The molecule has 3 N–H and O–H groups in total. The number of benzene rings is 1. The molecule has 0 aliphatic rings. The number of aliphatic carboxylic acids is 1. The summed E-state index contributed by atoms with van der Waals surface area (Å²) in [5.74, 6) is -0.987. The third kappa shape index (κ3) is 5.03. The highest BCUT2D eigenvalue weighted by Gasteiger charge is 2.25. The van der Waals surface area contributed by atoms with Crippen molar-refractivity contribution in [1.29, 1.82) is 0 Å². The van der Waals surface area contributed by atoms with Crippen LogP contribution in [-0.4, -0.2) is 50.2 Å². The molecule has 1 aromatic heterocycles. The van der Waals surface area contributed by atoms with Crippen molar-refractivity contribution in [1.82, 2.24) is 9.97 Å². The first-order valence-electron chi connectivity index (χ1n) is 8.39. The van der Waals surface area contributed by atoms with Crippen LogP contribution in [0.4, 0.5) is 17.5 Å². The van der Waals surface area contributed by atoms with Gasteiger partial charge in [0.2, 0.25) is 11.8 Å². The third-order valence-electron chi connectivity index (χ3n) is 3.98. The van der Waals surface area contributed by atoms with Crippen LogP contribution in [0.15, 0.2) is 30.5 Å². The first-order chi connectivity index (χ1) is 12.8. The summed E-state index contributed by atoms with van der Waals surface area (Å²) in [7, 11) is 0. The monoisotopic (exact) mass is 375 g/mol. The third-order valence-corrected chi connectivity index (χ3v) is 3.98. The van der Waals surface area contributed by atoms with Crippen LogP contribution in [0, 0.1) is 10.1 Å². The maximum absolute atomic E-state index is 11.7. The Kier molecular flexibility index (Phi) is 6.47. The highest BCUT2D eigenvalue weighted by molar-refractivity contribution is 5.78. The maximum atomic E-state index is 11.7. The second-order valence-electron chi connectivity index (χ2n) is 5.74. The number of anilines is 2. The number of nitro groups is 1. The van der Waals surface area contributed by atoms with Crippen LogP contribution in [-0.2, 0) is 11.2 Å². The van der Waals surface area contributed by atoms with E-state index >= 15 is 0 Å². The van der Waals surface area contributed by atoms with Gasteiger partial charge < -0.3 is 20.4 Å². The lowest BCUT2D eigenvalue weighted by Crippen LogP contribution is -2.33. The fourth-order valence-electron chi connectivity index (χ4n) is 2.50. The van der Waals surface area contributed by atoms with E-state index in [1.165, 1.54) is 12.1 Å². The van der Waals surface area contributed by atoms with Crippen molar-refractivity contribution in [3.8, 4) is 5.75 Å². The van der Waals surface area contributed by atoms with Crippen molar-refractivity contribution in [3.05, 3.63) is 46.1 Å². The molecule has 1 atom stereocenters. The van der Waals surface area contributed by atoms with E-state index in [1.807, 2.05) is 13.8 Å². The minimum Gasteiger partial charge on any atom is -0.508 e. The zero-order valence-corrected chi connectivity index (χ0v) is 15.0. The summed E-state index contributed by atoms with van der Waals surface area (Å²) in [6.07, 6.45) is 1.12. The number of rotatable bonds is 9. The van der Waals surface area contributed by atoms with E-state index < -0.39 is 22.6 Å². The molecule has 0 amide bonds. The lowest BCUT2D eigenvalue weighted by molar-refractivity contribution is -0.384. The van der Waals surface area contributed by atoms with Gasteiger partial charge in [-0.3, -0.25) is 10.1 Å².